The Labute approximate surface area is 99.5 Å². The Morgan fingerprint density at radius 1 is 1.06 bits per heavy atom. The molecule has 3 nitrogen and oxygen atoms in total. The maximum Gasteiger partial charge on any atom is 0.0741 e. The quantitative estimate of drug-likeness (QED) is 0.725. The number of nitrogens with two attached hydrogens (primary N) is 1. The van der Waals surface area contributed by atoms with Gasteiger partial charge in [-0.15, -0.1) is 0 Å². The summed E-state index contributed by atoms with van der Waals surface area (Å²) in [6.45, 7) is 0.562. The Hall–Kier alpha value is -2.13. The maximum atomic E-state index is 5.63. The fraction of sp³-hybridized carbons (Fsp3) is 0.0714. The Balaban J connectivity index is 2.19. The van der Waals surface area contributed by atoms with Crippen LogP contribution in [0.4, 0.5) is 0 Å². The molecule has 1 aromatic heterocycles. The third kappa shape index (κ3) is 1.70. The van der Waals surface area contributed by atoms with E-state index in [1.807, 2.05) is 47.3 Å². The van der Waals surface area contributed by atoms with E-state index in [9.17, 15) is 0 Å². The van der Waals surface area contributed by atoms with Gasteiger partial charge in [-0.1, -0.05) is 24.3 Å². The van der Waals surface area contributed by atoms with Gasteiger partial charge >= 0.3 is 0 Å². The topological polar surface area (TPSA) is 43.8 Å². The van der Waals surface area contributed by atoms with Gasteiger partial charge in [0.1, 0.15) is 0 Å². The van der Waals surface area contributed by atoms with E-state index in [0.29, 0.717) is 6.54 Å². The van der Waals surface area contributed by atoms with Gasteiger partial charge in [0, 0.05) is 11.9 Å². The van der Waals surface area contributed by atoms with E-state index in [4.69, 9.17) is 5.73 Å². The molecular weight excluding hydrogens is 210 g/mol. The van der Waals surface area contributed by atoms with Crippen LogP contribution in [0.15, 0.2) is 54.7 Å². The molecule has 0 spiro atoms. The van der Waals surface area contributed by atoms with E-state index >= 15 is 0 Å². The summed E-state index contributed by atoms with van der Waals surface area (Å²) in [7, 11) is 0. The van der Waals surface area contributed by atoms with Crippen LogP contribution < -0.4 is 5.73 Å². The van der Waals surface area contributed by atoms with E-state index in [2.05, 4.69) is 17.2 Å². The molecule has 0 aliphatic rings. The molecule has 0 aliphatic heterocycles. The van der Waals surface area contributed by atoms with Crippen LogP contribution in [0.1, 0.15) is 5.56 Å². The van der Waals surface area contributed by atoms with Crippen LogP contribution in [0, 0.1) is 0 Å². The molecule has 84 valence electrons. The molecule has 0 saturated heterocycles. The molecular formula is C14H13N3. The lowest BCUT2D eigenvalue weighted by Crippen LogP contribution is -1.97. The van der Waals surface area contributed by atoms with Crippen molar-refractivity contribution in [2.24, 2.45) is 5.73 Å². The number of benzene rings is 2. The SMILES string of the molecule is NCc1ccc2c(cnn2-c2ccccc2)c1. The molecule has 0 unspecified atom stereocenters. The van der Waals surface area contributed by atoms with Crippen molar-refractivity contribution in [2.75, 3.05) is 0 Å². The summed E-state index contributed by atoms with van der Waals surface area (Å²) in [4.78, 5) is 0. The predicted octanol–water partition coefficient (Wildman–Crippen LogP) is 2.48. The van der Waals surface area contributed by atoms with Crippen LogP contribution in [0.2, 0.25) is 0 Å². The van der Waals surface area contributed by atoms with Gasteiger partial charge in [0.25, 0.3) is 0 Å². The summed E-state index contributed by atoms with van der Waals surface area (Å²) in [5.41, 5.74) is 8.94. The molecule has 0 radical (unpaired) electrons. The average Bonchev–Trinajstić information content (AvgIpc) is 2.82. The van der Waals surface area contributed by atoms with E-state index in [0.717, 1.165) is 22.2 Å². The normalized spacial score (nSPS) is 10.9. The van der Waals surface area contributed by atoms with Crippen molar-refractivity contribution in [3.63, 3.8) is 0 Å². The highest BCUT2D eigenvalue weighted by molar-refractivity contribution is 5.81. The average molecular weight is 223 g/mol. The Bertz CT molecular complexity index is 641. The van der Waals surface area contributed by atoms with Gasteiger partial charge in [0.05, 0.1) is 17.4 Å². The first kappa shape index (κ1) is 10.1. The lowest BCUT2D eigenvalue weighted by molar-refractivity contribution is 0.910. The van der Waals surface area contributed by atoms with Crippen molar-refractivity contribution in [2.45, 2.75) is 6.54 Å². The second kappa shape index (κ2) is 4.03. The highest BCUT2D eigenvalue weighted by atomic mass is 15.3. The first-order valence-corrected chi connectivity index (χ1v) is 5.60. The van der Waals surface area contributed by atoms with Crippen LogP contribution in [-0.4, -0.2) is 9.78 Å². The van der Waals surface area contributed by atoms with Gasteiger partial charge in [-0.2, -0.15) is 5.10 Å². The molecule has 3 heteroatoms. The standard InChI is InChI=1S/C14H13N3/c15-9-11-6-7-14-12(8-11)10-16-17(14)13-4-2-1-3-5-13/h1-8,10H,9,15H2. The second-order valence-electron chi connectivity index (χ2n) is 3.99. The number of hydrogen-bond acceptors (Lipinski definition) is 2. The van der Waals surface area contributed by atoms with Crippen LogP contribution in [0.5, 0.6) is 0 Å². The van der Waals surface area contributed by atoms with Crippen LogP contribution in [0.25, 0.3) is 16.6 Å². The number of aromatic nitrogens is 2. The van der Waals surface area contributed by atoms with Crippen molar-refractivity contribution < 1.29 is 0 Å². The van der Waals surface area contributed by atoms with Gasteiger partial charge < -0.3 is 5.73 Å². The lowest BCUT2D eigenvalue weighted by Gasteiger charge is -2.03. The van der Waals surface area contributed by atoms with Gasteiger partial charge in [0.2, 0.25) is 0 Å². The first-order chi connectivity index (χ1) is 8.38. The predicted molar refractivity (Wildman–Crippen MR) is 69.0 cm³/mol. The Kier molecular flexibility index (Phi) is 2.38. The molecule has 1 heterocycles. The van der Waals surface area contributed by atoms with E-state index < -0.39 is 0 Å². The molecule has 3 aromatic rings. The number of rotatable bonds is 2. The summed E-state index contributed by atoms with van der Waals surface area (Å²) in [5.74, 6) is 0. The molecule has 0 aliphatic carbocycles. The fourth-order valence-corrected chi connectivity index (χ4v) is 1.98. The summed E-state index contributed by atoms with van der Waals surface area (Å²) >= 11 is 0. The van der Waals surface area contributed by atoms with Crippen molar-refractivity contribution in [1.82, 2.24) is 9.78 Å². The lowest BCUT2D eigenvalue weighted by atomic mass is 10.1. The Morgan fingerprint density at radius 2 is 1.88 bits per heavy atom. The molecule has 3 rings (SSSR count). The minimum absolute atomic E-state index is 0.562. The van der Waals surface area contributed by atoms with Crippen molar-refractivity contribution in [3.8, 4) is 5.69 Å². The van der Waals surface area contributed by atoms with Gasteiger partial charge in [-0.3, -0.25) is 0 Å². The van der Waals surface area contributed by atoms with E-state index in [1.54, 1.807) is 0 Å². The monoisotopic (exact) mass is 223 g/mol. The number of nitrogens with zero attached hydrogens (tertiary/aromatic N) is 2. The first-order valence-electron chi connectivity index (χ1n) is 5.60. The van der Waals surface area contributed by atoms with Gasteiger partial charge in [-0.05, 0) is 29.8 Å². The smallest absolute Gasteiger partial charge is 0.0741 e. The van der Waals surface area contributed by atoms with Crippen LogP contribution >= 0.6 is 0 Å². The summed E-state index contributed by atoms with van der Waals surface area (Å²) in [5, 5.41) is 5.54. The fourth-order valence-electron chi connectivity index (χ4n) is 1.98. The van der Waals surface area contributed by atoms with E-state index in [-0.39, 0.29) is 0 Å². The highest BCUT2D eigenvalue weighted by Gasteiger charge is 2.04. The summed E-state index contributed by atoms with van der Waals surface area (Å²) in [6.07, 6.45) is 1.88. The zero-order valence-electron chi connectivity index (χ0n) is 9.38. The van der Waals surface area contributed by atoms with Gasteiger partial charge in [-0.25, -0.2) is 4.68 Å². The number of fused-ring (bicyclic) bond motifs is 1. The maximum absolute atomic E-state index is 5.63. The molecule has 0 bridgehead atoms. The molecule has 2 aromatic carbocycles. The van der Waals surface area contributed by atoms with Crippen molar-refractivity contribution >= 4 is 10.9 Å². The number of para-hydroxylation sites is 1. The van der Waals surface area contributed by atoms with Crippen LogP contribution in [-0.2, 0) is 6.54 Å². The molecule has 0 fully saturated rings. The zero-order valence-corrected chi connectivity index (χ0v) is 9.38. The zero-order chi connectivity index (χ0) is 11.7. The van der Waals surface area contributed by atoms with Crippen molar-refractivity contribution in [3.05, 3.63) is 60.3 Å². The van der Waals surface area contributed by atoms with Crippen molar-refractivity contribution in [1.29, 1.82) is 0 Å². The molecule has 17 heavy (non-hydrogen) atoms. The minimum Gasteiger partial charge on any atom is -0.326 e. The molecule has 2 N–H and O–H groups in total. The number of hydrogen-bond donors (Lipinski definition) is 1. The molecule has 0 saturated carbocycles. The van der Waals surface area contributed by atoms with E-state index in [1.165, 1.54) is 0 Å². The molecule has 0 amide bonds. The molecule has 0 atom stereocenters. The summed E-state index contributed by atoms with van der Waals surface area (Å²) < 4.78 is 1.94. The minimum atomic E-state index is 0.562. The third-order valence-electron chi connectivity index (χ3n) is 2.87. The Morgan fingerprint density at radius 3 is 2.65 bits per heavy atom. The third-order valence-corrected chi connectivity index (χ3v) is 2.87. The highest BCUT2D eigenvalue weighted by Crippen LogP contribution is 2.19. The summed E-state index contributed by atoms with van der Waals surface area (Å²) in [6, 6.07) is 16.3. The second-order valence-corrected chi connectivity index (χ2v) is 3.99. The van der Waals surface area contributed by atoms with Crippen LogP contribution in [0.3, 0.4) is 0 Å². The largest absolute Gasteiger partial charge is 0.326 e. The van der Waals surface area contributed by atoms with Gasteiger partial charge in [0.15, 0.2) is 0 Å².